The average Bonchev–Trinajstić information content (AvgIpc) is 2.65. The molecule has 1 atom stereocenters. The summed E-state index contributed by atoms with van der Waals surface area (Å²) in [7, 11) is 0. The van der Waals surface area contributed by atoms with Gasteiger partial charge in [0.25, 0.3) is 11.8 Å². The number of hydrogen-bond acceptors (Lipinski definition) is 3. The van der Waals surface area contributed by atoms with E-state index in [2.05, 4.69) is 5.32 Å². The molecule has 2 heterocycles. The zero-order chi connectivity index (χ0) is 13.6. The number of nitrogens with one attached hydrogen (secondary N) is 1. The van der Waals surface area contributed by atoms with Crippen molar-refractivity contribution < 1.29 is 18.8 Å². The number of carbonyl (C=O) groups is 3. The number of carbonyl (C=O) groups excluding carboxylic acids is 3. The Hall–Kier alpha value is -2.24. The Bertz CT molecular complexity index is 590. The molecule has 1 saturated heterocycles. The van der Waals surface area contributed by atoms with Gasteiger partial charge in [-0.2, -0.15) is 0 Å². The molecule has 2 aliphatic rings. The molecule has 1 aromatic carbocycles. The maximum absolute atomic E-state index is 13.6. The lowest BCUT2D eigenvalue weighted by Crippen LogP contribution is -2.50. The Morgan fingerprint density at radius 1 is 1.21 bits per heavy atom. The normalized spacial score (nSPS) is 22.5. The Morgan fingerprint density at radius 3 is 2.63 bits per heavy atom. The van der Waals surface area contributed by atoms with E-state index >= 15 is 0 Å². The molecule has 1 fully saturated rings. The molecule has 98 valence electrons. The molecule has 1 N–H and O–H groups in total. The predicted octanol–water partition coefficient (Wildman–Crippen LogP) is 0.700. The first kappa shape index (κ1) is 11.8. The molecular formula is C13H11FN2O3. The number of rotatable bonds is 1. The second kappa shape index (κ2) is 4.15. The number of fused-ring (bicyclic) bond motifs is 1. The molecule has 1 unspecified atom stereocenters. The molecule has 0 spiro atoms. The third kappa shape index (κ3) is 1.71. The highest BCUT2D eigenvalue weighted by molar-refractivity contribution is 6.21. The summed E-state index contributed by atoms with van der Waals surface area (Å²) in [6, 6.07) is 3.62. The molecule has 1 aromatic rings. The summed E-state index contributed by atoms with van der Waals surface area (Å²) < 4.78 is 13.6. The van der Waals surface area contributed by atoms with Crippen molar-refractivity contribution in [2.45, 2.75) is 18.9 Å². The Balaban J connectivity index is 1.94. The van der Waals surface area contributed by atoms with Gasteiger partial charge in [-0.15, -0.1) is 0 Å². The van der Waals surface area contributed by atoms with Crippen LogP contribution in [0.25, 0.3) is 0 Å². The topological polar surface area (TPSA) is 66.5 Å². The van der Waals surface area contributed by atoms with E-state index < -0.39 is 23.7 Å². The molecule has 5 nitrogen and oxygen atoms in total. The number of imide groups is 1. The summed E-state index contributed by atoms with van der Waals surface area (Å²) in [5, 5.41) is 2.61. The fraction of sp³-hybridized carbons (Fsp3) is 0.308. The number of halogens is 1. The highest BCUT2D eigenvalue weighted by atomic mass is 19.1. The van der Waals surface area contributed by atoms with Gasteiger partial charge in [0.1, 0.15) is 5.82 Å². The maximum Gasteiger partial charge on any atom is 0.264 e. The average molecular weight is 262 g/mol. The van der Waals surface area contributed by atoms with E-state index in [9.17, 15) is 18.8 Å². The van der Waals surface area contributed by atoms with Gasteiger partial charge in [0.05, 0.1) is 17.2 Å². The van der Waals surface area contributed by atoms with E-state index in [1.807, 2.05) is 0 Å². The molecule has 0 aliphatic carbocycles. The lowest BCUT2D eigenvalue weighted by molar-refractivity contribution is -0.123. The van der Waals surface area contributed by atoms with Gasteiger partial charge in [0.2, 0.25) is 5.91 Å². The minimum atomic E-state index is -0.682. The lowest BCUT2D eigenvalue weighted by atomic mass is 10.1. The van der Waals surface area contributed by atoms with E-state index in [0.29, 0.717) is 6.42 Å². The summed E-state index contributed by atoms with van der Waals surface area (Å²) in [4.78, 5) is 36.5. The van der Waals surface area contributed by atoms with Gasteiger partial charge in [0, 0.05) is 13.0 Å². The SMILES string of the molecule is O=C1CCC(N2C(=O)c3cccc(F)c3C2=O)CN1. The van der Waals surface area contributed by atoms with Crippen LogP contribution in [0, 0.1) is 5.82 Å². The summed E-state index contributed by atoms with van der Waals surface area (Å²) in [5.41, 5.74) is -0.0636. The first-order valence-electron chi connectivity index (χ1n) is 6.02. The van der Waals surface area contributed by atoms with Crippen LogP contribution in [0.3, 0.4) is 0 Å². The zero-order valence-corrected chi connectivity index (χ0v) is 9.98. The molecule has 3 rings (SSSR count). The third-order valence-electron chi connectivity index (χ3n) is 3.50. The number of amides is 3. The van der Waals surface area contributed by atoms with Crippen molar-refractivity contribution in [3.8, 4) is 0 Å². The van der Waals surface area contributed by atoms with Crippen LogP contribution in [0.5, 0.6) is 0 Å². The van der Waals surface area contributed by atoms with Gasteiger partial charge >= 0.3 is 0 Å². The second-order valence-electron chi connectivity index (χ2n) is 4.64. The van der Waals surface area contributed by atoms with E-state index in [0.717, 1.165) is 11.0 Å². The van der Waals surface area contributed by atoms with Crippen LogP contribution in [-0.2, 0) is 4.79 Å². The molecule has 0 bridgehead atoms. The smallest absolute Gasteiger partial charge is 0.264 e. The summed E-state index contributed by atoms with van der Waals surface area (Å²) >= 11 is 0. The van der Waals surface area contributed by atoms with E-state index in [4.69, 9.17) is 0 Å². The molecule has 3 amide bonds. The van der Waals surface area contributed by atoms with Gasteiger partial charge < -0.3 is 5.32 Å². The number of benzene rings is 1. The number of piperidine rings is 1. The van der Waals surface area contributed by atoms with Crippen molar-refractivity contribution in [3.05, 3.63) is 35.1 Å². The molecule has 2 aliphatic heterocycles. The lowest BCUT2D eigenvalue weighted by Gasteiger charge is -2.29. The highest BCUT2D eigenvalue weighted by Gasteiger charge is 2.42. The summed E-state index contributed by atoms with van der Waals surface area (Å²) in [6.07, 6.45) is 0.680. The fourth-order valence-electron chi connectivity index (χ4n) is 2.53. The van der Waals surface area contributed by atoms with Crippen LogP contribution in [-0.4, -0.2) is 35.2 Å². The third-order valence-corrected chi connectivity index (χ3v) is 3.50. The van der Waals surface area contributed by atoms with Crippen molar-refractivity contribution in [1.29, 1.82) is 0 Å². The van der Waals surface area contributed by atoms with Crippen LogP contribution in [0.2, 0.25) is 0 Å². The number of nitrogens with zero attached hydrogens (tertiary/aromatic N) is 1. The second-order valence-corrected chi connectivity index (χ2v) is 4.64. The molecular weight excluding hydrogens is 251 g/mol. The summed E-state index contributed by atoms with van der Waals surface area (Å²) in [6.45, 7) is 0.228. The Kier molecular flexibility index (Phi) is 2.58. The largest absolute Gasteiger partial charge is 0.354 e. The first-order chi connectivity index (χ1) is 9.09. The van der Waals surface area contributed by atoms with E-state index in [-0.39, 0.29) is 30.0 Å². The maximum atomic E-state index is 13.6. The minimum absolute atomic E-state index is 0.0981. The fourth-order valence-corrected chi connectivity index (χ4v) is 2.53. The standard InChI is InChI=1S/C13H11FN2O3/c14-9-3-1-2-8-11(9)13(19)16(12(8)18)7-4-5-10(17)15-6-7/h1-3,7H,4-6H2,(H,15,17). The highest BCUT2D eigenvalue weighted by Crippen LogP contribution is 2.28. The van der Waals surface area contributed by atoms with E-state index in [1.165, 1.54) is 12.1 Å². The summed E-state index contributed by atoms with van der Waals surface area (Å²) in [5.74, 6) is -1.88. The zero-order valence-electron chi connectivity index (χ0n) is 9.98. The van der Waals surface area contributed by atoms with Crippen molar-refractivity contribution in [2.75, 3.05) is 6.54 Å². The quantitative estimate of drug-likeness (QED) is 0.758. The predicted molar refractivity (Wildman–Crippen MR) is 62.9 cm³/mol. The van der Waals surface area contributed by atoms with Crippen LogP contribution in [0.4, 0.5) is 4.39 Å². The van der Waals surface area contributed by atoms with Crippen molar-refractivity contribution in [1.82, 2.24) is 10.2 Å². The van der Waals surface area contributed by atoms with Crippen LogP contribution >= 0.6 is 0 Å². The van der Waals surface area contributed by atoms with Gasteiger partial charge in [-0.25, -0.2) is 4.39 Å². The van der Waals surface area contributed by atoms with Gasteiger partial charge in [-0.3, -0.25) is 19.3 Å². The first-order valence-corrected chi connectivity index (χ1v) is 6.02. The van der Waals surface area contributed by atoms with Crippen LogP contribution in [0.15, 0.2) is 18.2 Å². The van der Waals surface area contributed by atoms with Crippen molar-refractivity contribution >= 4 is 17.7 Å². The van der Waals surface area contributed by atoms with Crippen LogP contribution < -0.4 is 5.32 Å². The molecule has 0 aromatic heterocycles. The minimum Gasteiger partial charge on any atom is -0.354 e. The van der Waals surface area contributed by atoms with Crippen molar-refractivity contribution in [3.63, 3.8) is 0 Å². The Labute approximate surface area is 108 Å². The monoisotopic (exact) mass is 262 g/mol. The molecule has 6 heteroatoms. The van der Waals surface area contributed by atoms with Crippen LogP contribution in [0.1, 0.15) is 33.6 Å². The number of hydrogen-bond donors (Lipinski definition) is 1. The van der Waals surface area contributed by atoms with Gasteiger partial charge in [-0.1, -0.05) is 6.07 Å². The van der Waals surface area contributed by atoms with Crippen molar-refractivity contribution in [2.24, 2.45) is 0 Å². The van der Waals surface area contributed by atoms with E-state index in [1.54, 1.807) is 0 Å². The molecule has 19 heavy (non-hydrogen) atoms. The van der Waals surface area contributed by atoms with Gasteiger partial charge in [0.15, 0.2) is 0 Å². The molecule has 0 radical (unpaired) electrons. The Morgan fingerprint density at radius 2 is 2.00 bits per heavy atom. The molecule has 0 saturated carbocycles. The van der Waals surface area contributed by atoms with Gasteiger partial charge in [-0.05, 0) is 18.6 Å².